The van der Waals surface area contributed by atoms with Gasteiger partial charge >= 0.3 is 0 Å². The smallest absolute Gasteiger partial charge is 0.263 e. The molecule has 0 aliphatic carbocycles. The molecule has 0 aliphatic heterocycles. The maximum atomic E-state index is 12.5. The molecule has 0 fully saturated rings. The van der Waals surface area contributed by atoms with Crippen molar-refractivity contribution in [1.29, 1.82) is 0 Å². The largest absolute Gasteiger partial charge is 0.347 e. The number of aryl methyl sites for hydroxylation is 2. The van der Waals surface area contributed by atoms with Gasteiger partial charge in [-0.15, -0.1) is 11.3 Å². The van der Waals surface area contributed by atoms with Crippen LogP contribution in [-0.2, 0) is 17.8 Å². The Labute approximate surface area is 172 Å². The number of hydrogen-bond donors (Lipinski definition) is 2. The lowest BCUT2D eigenvalue weighted by Gasteiger charge is -2.05. The zero-order valence-electron chi connectivity index (χ0n) is 15.6. The molecule has 1 aromatic heterocycles. The number of amides is 2. The molecule has 3 rings (SSSR count). The number of rotatable bonds is 6. The third-order valence-electron chi connectivity index (χ3n) is 4.00. The molecule has 3 aromatic rings. The molecule has 2 aromatic carbocycles. The van der Waals surface area contributed by atoms with E-state index in [0.717, 1.165) is 11.1 Å². The monoisotopic (exact) mass is 413 g/mol. The van der Waals surface area contributed by atoms with Gasteiger partial charge < -0.3 is 10.6 Å². The van der Waals surface area contributed by atoms with Gasteiger partial charge in [0.15, 0.2) is 0 Å². The van der Waals surface area contributed by atoms with Crippen molar-refractivity contribution in [3.63, 3.8) is 0 Å². The molecular formula is C21H20ClN3O2S. The van der Waals surface area contributed by atoms with Crippen LogP contribution in [0.5, 0.6) is 0 Å². The summed E-state index contributed by atoms with van der Waals surface area (Å²) >= 11 is 7.16. The van der Waals surface area contributed by atoms with Crippen LogP contribution in [0.3, 0.4) is 0 Å². The van der Waals surface area contributed by atoms with Crippen LogP contribution in [0.2, 0.25) is 5.02 Å². The summed E-state index contributed by atoms with van der Waals surface area (Å²) in [5.74, 6) is -0.388. The Kier molecular flexibility index (Phi) is 6.44. The molecule has 144 valence electrons. The van der Waals surface area contributed by atoms with Crippen molar-refractivity contribution in [2.75, 3.05) is 5.32 Å². The van der Waals surface area contributed by atoms with Gasteiger partial charge in [0.1, 0.15) is 9.88 Å². The normalized spacial score (nSPS) is 10.5. The van der Waals surface area contributed by atoms with Gasteiger partial charge in [-0.1, -0.05) is 47.5 Å². The fourth-order valence-electron chi connectivity index (χ4n) is 2.73. The number of hydrogen-bond acceptors (Lipinski definition) is 4. The quantitative estimate of drug-likeness (QED) is 0.623. The average molecular weight is 414 g/mol. The molecule has 0 atom stereocenters. The summed E-state index contributed by atoms with van der Waals surface area (Å²) in [5.41, 5.74) is 3.43. The maximum absolute atomic E-state index is 12.5. The van der Waals surface area contributed by atoms with Crippen LogP contribution in [-0.4, -0.2) is 16.8 Å². The van der Waals surface area contributed by atoms with Crippen LogP contribution in [0.1, 0.15) is 31.5 Å². The van der Waals surface area contributed by atoms with E-state index in [-0.39, 0.29) is 18.2 Å². The maximum Gasteiger partial charge on any atom is 0.263 e. The van der Waals surface area contributed by atoms with Crippen LogP contribution < -0.4 is 10.6 Å². The summed E-state index contributed by atoms with van der Waals surface area (Å²) < 4.78 is 0. The van der Waals surface area contributed by atoms with Crippen molar-refractivity contribution in [3.05, 3.63) is 80.3 Å². The number of carbonyl (C=O) groups is 2. The van der Waals surface area contributed by atoms with Crippen LogP contribution >= 0.6 is 22.9 Å². The highest BCUT2D eigenvalue weighted by atomic mass is 35.5. The third kappa shape index (κ3) is 5.41. The molecule has 1 heterocycles. The van der Waals surface area contributed by atoms with Crippen molar-refractivity contribution in [2.24, 2.45) is 0 Å². The van der Waals surface area contributed by atoms with E-state index in [1.165, 1.54) is 11.3 Å². The molecule has 0 spiro atoms. The van der Waals surface area contributed by atoms with Crippen molar-refractivity contribution >= 4 is 40.4 Å². The number of nitrogens with one attached hydrogen (secondary N) is 2. The predicted molar refractivity (Wildman–Crippen MR) is 113 cm³/mol. The topological polar surface area (TPSA) is 71.1 Å². The molecule has 28 heavy (non-hydrogen) atoms. The van der Waals surface area contributed by atoms with E-state index in [1.54, 1.807) is 31.2 Å². The van der Waals surface area contributed by atoms with Gasteiger partial charge in [-0.05, 0) is 37.6 Å². The molecule has 0 bridgehead atoms. The van der Waals surface area contributed by atoms with Gasteiger partial charge in [0.2, 0.25) is 5.91 Å². The Morgan fingerprint density at radius 3 is 2.64 bits per heavy atom. The van der Waals surface area contributed by atoms with E-state index in [4.69, 9.17) is 11.6 Å². The minimum atomic E-state index is -0.206. The van der Waals surface area contributed by atoms with Gasteiger partial charge in [-0.25, -0.2) is 4.98 Å². The standard InChI is InChI=1S/C21H20ClN3O2S/c1-13-5-3-6-15(9-13)12-23-21(27)20-14(2)24-19(28-20)11-18(26)25-17-8-4-7-16(22)10-17/h3-10H,11-12H2,1-2H3,(H,23,27)(H,25,26). The number of halogens is 1. The van der Waals surface area contributed by atoms with E-state index >= 15 is 0 Å². The predicted octanol–water partition coefficient (Wildman–Crippen LogP) is 4.52. The van der Waals surface area contributed by atoms with Crippen LogP contribution in [0.15, 0.2) is 48.5 Å². The minimum Gasteiger partial charge on any atom is -0.347 e. The lowest BCUT2D eigenvalue weighted by atomic mass is 10.1. The molecule has 0 radical (unpaired) electrons. The molecule has 5 nitrogen and oxygen atoms in total. The second-order valence-electron chi connectivity index (χ2n) is 6.43. The lowest BCUT2D eigenvalue weighted by molar-refractivity contribution is -0.115. The fraction of sp³-hybridized carbons (Fsp3) is 0.190. The highest BCUT2D eigenvalue weighted by Crippen LogP contribution is 2.20. The van der Waals surface area contributed by atoms with E-state index < -0.39 is 0 Å². The van der Waals surface area contributed by atoms with Crippen LogP contribution in [0.4, 0.5) is 5.69 Å². The summed E-state index contributed by atoms with van der Waals surface area (Å²) in [7, 11) is 0. The van der Waals surface area contributed by atoms with Gasteiger partial charge in [0.25, 0.3) is 5.91 Å². The third-order valence-corrected chi connectivity index (χ3v) is 5.39. The van der Waals surface area contributed by atoms with Crippen molar-refractivity contribution in [3.8, 4) is 0 Å². The summed E-state index contributed by atoms with van der Waals surface area (Å²) in [6.07, 6.45) is 0.100. The van der Waals surface area contributed by atoms with E-state index in [9.17, 15) is 9.59 Å². The molecule has 7 heteroatoms. The molecule has 0 aliphatic rings. The number of carbonyl (C=O) groups excluding carboxylic acids is 2. The average Bonchev–Trinajstić information content (AvgIpc) is 3.00. The Morgan fingerprint density at radius 2 is 1.89 bits per heavy atom. The van der Waals surface area contributed by atoms with Crippen molar-refractivity contribution in [2.45, 2.75) is 26.8 Å². The Morgan fingerprint density at radius 1 is 1.11 bits per heavy atom. The Hall–Kier alpha value is -2.70. The first kappa shape index (κ1) is 20.0. The van der Waals surface area contributed by atoms with Gasteiger partial charge in [-0.3, -0.25) is 9.59 Å². The molecule has 2 N–H and O–H groups in total. The second kappa shape index (κ2) is 8.99. The van der Waals surface area contributed by atoms with Gasteiger partial charge in [0.05, 0.1) is 12.1 Å². The first-order valence-corrected chi connectivity index (χ1v) is 9.95. The molecule has 0 saturated heterocycles. The molecule has 0 unspecified atom stereocenters. The fourth-order valence-corrected chi connectivity index (χ4v) is 3.90. The highest BCUT2D eigenvalue weighted by molar-refractivity contribution is 7.13. The molecule has 0 saturated carbocycles. The Balaban J connectivity index is 1.60. The summed E-state index contributed by atoms with van der Waals surface area (Å²) in [6.45, 7) is 4.23. The van der Waals surface area contributed by atoms with Crippen molar-refractivity contribution in [1.82, 2.24) is 10.3 Å². The highest BCUT2D eigenvalue weighted by Gasteiger charge is 2.17. The summed E-state index contributed by atoms with van der Waals surface area (Å²) in [6, 6.07) is 14.9. The Bertz CT molecular complexity index is 1020. The van der Waals surface area contributed by atoms with Crippen LogP contribution in [0.25, 0.3) is 0 Å². The molecular weight excluding hydrogens is 394 g/mol. The van der Waals surface area contributed by atoms with Crippen molar-refractivity contribution < 1.29 is 9.59 Å². The van der Waals surface area contributed by atoms with Gasteiger partial charge in [0, 0.05) is 17.3 Å². The first-order valence-electron chi connectivity index (χ1n) is 8.76. The van der Waals surface area contributed by atoms with E-state index in [1.807, 2.05) is 31.2 Å². The SMILES string of the molecule is Cc1cccc(CNC(=O)c2sc(CC(=O)Nc3cccc(Cl)c3)nc2C)c1. The molecule has 2 amide bonds. The number of anilines is 1. The van der Waals surface area contributed by atoms with Gasteiger partial charge in [-0.2, -0.15) is 0 Å². The van der Waals surface area contributed by atoms with E-state index in [0.29, 0.717) is 32.8 Å². The number of nitrogens with zero attached hydrogens (tertiary/aromatic N) is 1. The zero-order chi connectivity index (χ0) is 20.1. The number of thiazole rings is 1. The zero-order valence-corrected chi connectivity index (χ0v) is 17.2. The van der Waals surface area contributed by atoms with Crippen LogP contribution in [0, 0.1) is 13.8 Å². The summed E-state index contributed by atoms with van der Waals surface area (Å²) in [5, 5.41) is 6.84. The van der Waals surface area contributed by atoms with E-state index in [2.05, 4.69) is 15.6 Å². The first-order chi connectivity index (χ1) is 13.4. The number of aromatic nitrogens is 1. The minimum absolute atomic E-state index is 0.100. The number of benzene rings is 2. The lowest BCUT2D eigenvalue weighted by Crippen LogP contribution is -2.22. The second-order valence-corrected chi connectivity index (χ2v) is 7.95. The summed E-state index contributed by atoms with van der Waals surface area (Å²) in [4.78, 5) is 29.6.